The summed E-state index contributed by atoms with van der Waals surface area (Å²) in [5.74, 6) is 0.257. The van der Waals surface area contributed by atoms with E-state index >= 15 is 0 Å². The predicted molar refractivity (Wildman–Crippen MR) is 132 cm³/mol. The van der Waals surface area contributed by atoms with Gasteiger partial charge in [-0.1, -0.05) is 31.2 Å². The lowest BCUT2D eigenvalue weighted by Gasteiger charge is -2.17. The Balaban J connectivity index is 1.55. The average Bonchev–Trinajstić information content (AvgIpc) is 3.39. The van der Waals surface area contributed by atoms with E-state index in [1.165, 1.54) is 21.3 Å². The molecule has 36 heavy (non-hydrogen) atoms. The molecule has 0 radical (unpaired) electrons. The highest BCUT2D eigenvalue weighted by molar-refractivity contribution is 5.98. The summed E-state index contributed by atoms with van der Waals surface area (Å²) >= 11 is 0. The van der Waals surface area contributed by atoms with Crippen LogP contribution in [0.5, 0.6) is 17.2 Å². The van der Waals surface area contributed by atoms with Crippen LogP contribution in [-0.4, -0.2) is 51.2 Å². The first kappa shape index (κ1) is 26.2. The molecule has 0 bridgehead atoms. The molecule has 2 amide bonds. The van der Waals surface area contributed by atoms with Crippen molar-refractivity contribution in [3.8, 4) is 23.3 Å². The van der Waals surface area contributed by atoms with Crippen molar-refractivity contribution in [3.05, 3.63) is 65.0 Å². The molecule has 1 heterocycles. The second kappa shape index (κ2) is 12.3. The molecule has 190 valence electrons. The van der Waals surface area contributed by atoms with Crippen molar-refractivity contribution < 1.29 is 23.8 Å². The van der Waals surface area contributed by atoms with Crippen molar-refractivity contribution in [3.63, 3.8) is 0 Å². The second-order valence-electron chi connectivity index (χ2n) is 7.74. The van der Waals surface area contributed by atoms with Gasteiger partial charge >= 0.3 is 0 Å². The number of aryl methyl sites for hydroxylation is 1. The molecule has 3 rings (SSSR count). The van der Waals surface area contributed by atoms with Crippen LogP contribution >= 0.6 is 0 Å². The molecule has 11 heteroatoms. The number of hydrazine groups is 2. The molecule has 0 aliphatic carbocycles. The van der Waals surface area contributed by atoms with Gasteiger partial charge in [0, 0.05) is 12.7 Å². The number of methoxy groups -OCH3 is 3. The zero-order valence-corrected chi connectivity index (χ0v) is 20.7. The van der Waals surface area contributed by atoms with Crippen LogP contribution in [-0.2, 0) is 11.2 Å². The van der Waals surface area contributed by atoms with E-state index in [0.717, 1.165) is 12.0 Å². The van der Waals surface area contributed by atoms with Gasteiger partial charge in [-0.25, -0.2) is 0 Å². The number of carbonyl (C=O) groups is 2. The maximum atomic E-state index is 12.7. The third-order valence-corrected chi connectivity index (χ3v) is 5.58. The van der Waals surface area contributed by atoms with Crippen LogP contribution in [0, 0.1) is 11.3 Å². The van der Waals surface area contributed by atoms with Crippen molar-refractivity contribution in [1.82, 2.24) is 26.6 Å². The van der Waals surface area contributed by atoms with Crippen LogP contribution in [0.2, 0.25) is 0 Å². The Hall–Kier alpha value is -4.43. The molecule has 2 aromatic rings. The second-order valence-corrected chi connectivity index (χ2v) is 7.74. The van der Waals surface area contributed by atoms with Crippen molar-refractivity contribution in [2.75, 3.05) is 34.4 Å². The fourth-order valence-corrected chi connectivity index (χ4v) is 3.60. The van der Waals surface area contributed by atoms with Gasteiger partial charge in [-0.05, 0) is 29.7 Å². The summed E-state index contributed by atoms with van der Waals surface area (Å²) in [6, 6.07) is 12.1. The van der Waals surface area contributed by atoms with Crippen LogP contribution in [0.1, 0.15) is 34.5 Å². The van der Waals surface area contributed by atoms with Crippen LogP contribution in [0.3, 0.4) is 0 Å². The maximum absolute atomic E-state index is 12.7. The molecule has 0 aromatic heterocycles. The Morgan fingerprint density at radius 2 is 1.75 bits per heavy atom. The molecular formula is C25H30N6O5. The number of hydrogen-bond donors (Lipinski definition) is 4. The number of carbonyl (C=O) groups excluding carboxylic acids is 2. The van der Waals surface area contributed by atoms with Gasteiger partial charge in [0.15, 0.2) is 11.5 Å². The van der Waals surface area contributed by atoms with Crippen molar-refractivity contribution in [2.24, 2.45) is 0 Å². The number of nitrogens with one attached hydrogen (secondary N) is 4. The zero-order chi connectivity index (χ0) is 26.1. The minimum atomic E-state index is -0.782. The lowest BCUT2D eigenvalue weighted by atomic mass is 10.0. The van der Waals surface area contributed by atoms with Gasteiger partial charge in [0.2, 0.25) is 5.75 Å². The maximum Gasteiger partial charge on any atom is 0.271 e. The lowest BCUT2D eigenvalue weighted by molar-refractivity contribution is -0.118. The first-order valence-corrected chi connectivity index (χ1v) is 11.3. The summed E-state index contributed by atoms with van der Waals surface area (Å²) in [5.41, 5.74) is 8.01. The molecule has 0 saturated carbocycles. The molecule has 1 unspecified atom stereocenters. The Bertz CT molecular complexity index is 1160. The molecule has 0 fully saturated rings. The Labute approximate surface area is 209 Å². The number of amides is 2. The standard InChI is InChI=1S/C25H30N6O5/c1-5-16-6-8-17(9-7-16)19(14-26)28-25(33)20-15-31(30-29-20)13-12-27-24(32)18-10-11-21(34-2)23(36-4)22(18)35-3/h6-11,15,19,29-30H,5,12-13H2,1-4H3,(H,27,32)(H,28,33). The highest BCUT2D eigenvalue weighted by Gasteiger charge is 2.23. The SMILES string of the molecule is CCc1ccc(C(C#N)NC(=O)C2=CN(CCNC(=O)c3ccc(OC)c(OC)c3OC)NN2)cc1. The van der Waals surface area contributed by atoms with E-state index in [-0.39, 0.29) is 23.9 Å². The molecular weight excluding hydrogens is 464 g/mol. The molecule has 11 nitrogen and oxygen atoms in total. The Kier molecular flexibility index (Phi) is 8.96. The first-order valence-electron chi connectivity index (χ1n) is 11.3. The van der Waals surface area contributed by atoms with Gasteiger partial charge in [0.05, 0.1) is 39.5 Å². The fourth-order valence-electron chi connectivity index (χ4n) is 3.60. The summed E-state index contributed by atoms with van der Waals surface area (Å²) in [5, 5.41) is 16.6. The topological polar surface area (TPSA) is 137 Å². The molecule has 4 N–H and O–H groups in total. The largest absolute Gasteiger partial charge is 0.493 e. The van der Waals surface area contributed by atoms with Crippen LogP contribution in [0.25, 0.3) is 0 Å². The fraction of sp³-hybridized carbons (Fsp3) is 0.320. The van der Waals surface area contributed by atoms with E-state index in [2.05, 4.69) is 27.7 Å². The highest BCUT2D eigenvalue weighted by Crippen LogP contribution is 2.39. The van der Waals surface area contributed by atoms with E-state index in [4.69, 9.17) is 14.2 Å². The summed E-state index contributed by atoms with van der Waals surface area (Å²) in [7, 11) is 4.41. The quantitative estimate of drug-likeness (QED) is 0.367. The smallest absolute Gasteiger partial charge is 0.271 e. The Morgan fingerprint density at radius 3 is 2.36 bits per heavy atom. The van der Waals surface area contributed by atoms with E-state index in [9.17, 15) is 14.9 Å². The summed E-state index contributed by atoms with van der Waals surface area (Å²) < 4.78 is 15.9. The van der Waals surface area contributed by atoms with Crippen LogP contribution in [0.15, 0.2) is 48.3 Å². The highest BCUT2D eigenvalue weighted by atomic mass is 16.5. The number of nitrogens with zero attached hydrogens (tertiary/aromatic N) is 2. The zero-order valence-electron chi connectivity index (χ0n) is 20.7. The normalized spacial score (nSPS) is 13.1. The van der Waals surface area contributed by atoms with E-state index < -0.39 is 11.9 Å². The van der Waals surface area contributed by atoms with Crippen LogP contribution < -0.4 is 35.8 Å². The molecule has 1 atom stereocenters. The molecule has 0 spiro atoms. The van der Waals surface area contributed by atoms with Gasteiger partial charge in [-0.15, -0.1) is 5.53 Å². The monoisotopic (exact) mass is 494 g/mol. The van der Waals surface area contributed by atoms with Crippen LogP contribution in [0.4, 0.5) is 0 Å². The van der Waals surface area contributed by atoms with E-state index in [1.54, 1.807) is 23.3 Å². The predicted octanol–water partition coefficient (Wildman–Crippen LogP) is 1.55. The van der Waals surface area contributed by atoms with Gasteiger partial charge in [-0.2, -0.15) is 5.26 Å². The molecule has 1 aliphatic heterocycles. The number of benzene rings is 2. The average molecular weight is 495 g/mol. The van der Waals surface area contributed by atoms with Crippen molar-refractivity contribution in [2.45, 2.75) is 19.4 Å². The van der Waals surface area contributed by atoms with Gasteiger partial charge < -0.3 is 24.8 Å². The molecule has 0 saturated heterocycles. The lowest BCUT2D eigenvalue weighted by Crippen LogP contribution is -2.42. The van der Waals surface area contributed by atoms with Crippen molar-refractivity contribution in [1.29, 1.82) is 5.26 Å². The molecule has 2 aromatic carbocycles. The number of nitriles is 1. The number of rotatable bonds is 11. The van der Waals surface area contributed by atoms with E-state index in [1.807, 2.05) is 31.2 Å². The van der Waals surface area contributed by atoms with Gasteiger partial charge in [-0.3, -0.25) is 20.0 Å². The van der Waals surface area contributed by atoms with Gasteiger partial charge in [0.1, 0.15) is 11.7 Å². The van der Waals surface area contributed by atoms with Gasteiger partial charge in [0.25, 0.3) is 11.8 Å². The number of ether oxygens (including phenoxy) is 3. The third-order valence-electron chi connectivity index (χ3n) is 5.58. The molecule has 1 aliphatic rings. The Morgan fingerprint density at radius 1 is 1.03 bits per heavy atom. The third kappa shape index (κ3) is 5.97. The first-order chi connectivity index (χ1) is 17.4. The number of hydrogen-bond acceptors (Lipinski definition) is 9. The summed E-state index contributed by atoms with van der Waals surface area (Å²) in [4.78, 5) is 25.4. The summed E-state index contributed by atoms with van der Waals surface area (Å²) in [6.45, 7) is 2.67. The summed E-state index contributed by atoms with van der Waals surface area (Å²) in [6.07, 6.45) is 2.46. The van der Waals surface area contributed by atoms with E-state index in [0.29, 0.717) is 29.2 Å². The van der Waals surface area contributed by atoms with Crippen molar-refractivity contribution >= 4 is 11.8 Å². The minimum absolute atomic E-state index is 0.244. The minimum Gasteiger partial charge on any atom is -0.493 e.